The lowest BCUT2D eigenvalue weighted by atomic mass is 10.2. The van der Waals surface area contributed by atoms with Gasteiger partial charge in [-0.05, 0) is 36.8 Å². The van der Waals surface area contributed by atoms with E-state index in [4.69, 9.17) is 10.00 Å². The van der Waals surface area contributed by atoms with Gasteiger partial charge in [-0.3, -0.25) is 0 Å². The third kappa shape index (κ3) is 4.12. The van der Waals surface area contributed by atoms with Crippen LogP contribution < -0.4 is 10.1 Å². The van der Waals surface area contributed by atoms with Gasteiger partial charge in [-0.1, -0.05) is 24.3 Å². The van der Waals surface area contributed by atoms with Crippen LogP contribution in [0.1, 0.15) is 12.5 Å². The number of benzene rings is 2. The van der Waals surface area contributed by atoms with Gasteiger partial charge in [0.25, 0.3) is 0 Å². The quantitative estimate of drug-likeness (QED) is 0.708. The number of aromatic nitrogens is 1. The maximum atomic E-state index is 8.76. The number of ether oxygens (including phenoxy) is 1. The largest absolute Gasteiger partial charge is 0.476 e. The summed E-state index contributed by atoms with van der Waals surface area (Å²) in [5.74, 6) is 0.707. The van der Waals surface area contributed by atoms with Gasteiger partial charge in [0.05, 0.1) is 0 Å². The number of anilines is 1. The van der Waals surface area contributed by atoms with E-state index >= 15 is 0 Å². The lowest BCUT2D eigenvalue weighted by Crippen LogP contribution is -2.08. The molecule has 0 aliphatic rings. The Balaban J connectivity index is 1.62. The van der Waals surface area contributed by atoms with Crippen molar-refractivity contribution < 1.29 is 4.74 Å². The van der Waals surface area contributed by atoms with Crippen molar-refractivity contribution in [2.45, 2.75) is 19.6 Å². The van der Waals surface area contributed by atoms with Crippen molar-refractivity contribution in [3.63, 3.8) is 0 Å². The van der Waals surface area contributed by atoms with Crippen LogP contribution in [0.25, 0.3) is 10.6 Å². The summed E-state index contributed by atoms with van der Waals surface area (Å²) in [6, 6.07) is 18.1. The van der Waals surface area contributed by atoms with Crippen LogP contribution in [0.3, 0.4) is 0 Å². The van der Waals surface area contributed by atoms with Crippen LogP contribution in [-0.4, -0.2) is 11.1 Å². The minimum atomic E-state index is -0.442. The Kier molecular flexibility index (Phi) is 5.09. The average molecular weight is 335 g/mol. The van der Waals surface area contributed by atoms with E-state index < -0.39 is 6.10 Å². The first-order valence-corrected chi connectivity index (χ1v) is 8.51. The third-order valence-corrected chi connectivity index (χ3v) is 4.28. The van der Waals surface area contributed by atoms with E-state index in [1.54, 1.807) is 18.3 Å². The molecule has 2 aromatic carbocycles. The molecule has 0 saturated carbocycles. The molecule has 0 fully saturated rings. The summed E-state index contributed by atoms with van der Waals surface area (Å²) in [5, 5.41) is 15.2. The molecule has 1 heterocycles. The topological polar surface area (TPSA) is 57.9 Å². The summed E-state index contributed by atoms with van der Waals surface area (Å²) in [5.41, 5.74) is 3.32. The molecule has 0 aliphatic heterocycles. The maximum absolute atomic E-state index is 8.76. The zero-order chi connectivity index (χ0) is 16.8. The second-order valence-corrected chi connectivity index (χ2v) is 6.20. The molecule has 24 heavy (non-hydrogen) atoms. The van der Waals surface area contributed by atoms with Gasteiger partial charge < -0.3 is 10.1 Å². The molecule has 0 amide bonds. The van der Waals surface area contributed by atoms with Crippen molar-refractivity contribution in [2.24, 2.45) is 0 Å². The van der Waals surface area contributed by atoms with E-state index in [0.29, 0.717) is 5.75 Å². The van der Waals surface area contributed by atoms with E-state index in [1.165, 1.54) is 0 Å². The predicted octanol–water partition coefficient (Wildman–Crippen LogP) is 4.71. The average Bonchev–Trinajstić information content (AvgIpc) is 3.16. The molecular formula is C19H17N3OS. The van der Waals surface area contributed by atoms with Crippen LogP contribution in [0.5, 0.6) is 5.75 Å². The molecule has 3 aromatic rings. The molecule has 1 N–H and O–H groups in total. The first-order valence-electron chi connectivity index (χ1n) is 7.63. The molecular weight excluding hydrogens is 318 g/mol. The lowest BCUT2D eigenvalue weighted by molar-refractivity contribution is 0.276. The van der Waals surface area contributed by atoms with Gasteiger partial charge >= 0.3 is 0 Å². The van der Waals surface area contributed by atoms with Crippen molar-refractivity contribution in [3.8, 4) is 22.4 Å². The number of hydrogen-bond donors (Lipinski definition) is 1. The van der Waals surface area contributed by atoms with Gasteiger partial charge in [0, 0.05) is 29.4 Å². The Hall–Kier alpha value is -2.84. The maximum Gasteiger partial charge on any atom is 0.181 e. The first-order chi connectivity index (χ1) is 11.7. The summed E-state index contributed by atoms with van der Waals surface area (Å²) >= 11 is 1.63. The molecule has 3 rings (SSSR count). The highest BCUT2D eigenvalue weighted by Gasteiger charge is 2.03. The molecule has 5 heteroatoms. The van der Waals surface area contributed by atoms with Gasteiger partial charge in [0.2, 0.25) is 0 Å². The van der Waals surface area contributed by atoms with Crippen LogP contribution in [0.15, 0.2) is 60.1 Å². The van der Waals surface area contributed by atoms with Crippen LogP contribution >= 0.6 is 11.3 Å². The number of nitriles is 1. The van der Waals surface area contributed by atoms with Crippen LogP contribution in [-0.2, 0) is 6.54 Å². The standard InChI is InChI=1S/C19H17N3OS/c1-14(12-20)23-18-7-5-15(6-8-18)13-22-17-4-2-3-16(11-17)19-21-9-10-24-19/h2-11,14,22H,13H2,1H3. The molecule has 0 aliphatic carbocycles. The van der Waals surface area contributed by atoms with E-state index in [9.17, 15) is 0 Å². The fraction of sp³-hybridized carbons (Fsp3) is 0.158. The number of thiazole rings is 1. The Morgan fingerprint density at radius 3 is 2.79 bits per heavy atom. The number of nitrogens with zero attached hydrogens (tertiary/aromatic N) is 2. The number of rotatable bonds is 6. The van der Waals surface area contributed by atoms with Gasteiger partial charge in [-0.2, -0.15) is 5.26 Å². The normalized spacial score (nSPS) is 11.5. The summed E-state index contributed by atoms with van der Waals surface area (Å²) in [6.07, 6.45) is 1.37. The molecule has 0 saturated heterocycles. The van der Waals surface area contributed by atoms with Crippen LogP contribution in [0.2, 0.25) is 0 Å². The fourth-order valence-corrected chi connectivity index (χ4v) is 2.88. The van der Waals surface area contributed by atoms with Crippen molar-refractivity contribution in [1.29, 1.82) is 5.26 Å². The second-order valence-electron chi connectivity index (χ2n) is 5.30. The highest BCUT2D eigenvalue weighted by Crippen LogP contribution is 2.24. The van der Waals surface area contributed by atoms with Gasteiger partial charge in [0.15, 0.2) is 6.10 Å². The SMILES string of the molecule is CC(C#N)Oc1ccc(CNc2cccc(-c3nccs3)c2)cc1. The number of hydrogen-bond acceptors (Lipinski definition) is 5. The zero-order valence-corrected chi connectivity index (χ0v) is 14.1. The summed E-state index contributed by atoms with van der Waals surface area (Å²) in [6.45, 7) is 2.44. The monoisotopic (exact) mass is 335 g/mol. The Morgan fingerprint density at radius 1 is 1.25 bits per heavy atom. The molecule has 0 radical (unpaired) electrons. The second kappa shape index (κ2) is 7.62. The Bertz CT molecular complexity index is 823. The molecule has 1 atom stereocenters. The number of nitrogens with one attached hydrogen (secondary N) is 1. The molecule has 0 bridgehead atoms. The third-order valence-electron chi connectivity index (χ3n) is 3.46. The van der Waals surface area contributed by atoms with Crippen molar-refractivity contribution >= 4 is 17.0 Å². The zero-order valence-electron chi connectivity index (χ0n) is 13.3. The van der Waals surface area contributed by atoms with E-state index in [0.717, 1.165) is 28.4 Å². The predicted molar refractivity (Wildman–Crippen MR) is 97.0 cm³/mol. The van der Waals surface area contributed by atoms with E-state index in [2.05, 4.69) is 28.5 Å². The first kappa shape index (κ1) is 16.0. The summed E-state index contributed by atoms with van der Waals surface area (Å²) < 4.78 is 5.45. The smallest absolute Gasteiger partial charge is 0.181 e. The highest BCUT2D eigenvalue weighted by molar-refractivity contribution is 7.13. The van der Waals surface area contributed by atoms with Crippen LogP contribution in [0.4, 0.5) is 5.69 Å². The van der Waals surface area contributed by atoms with Gasteiger partial charge in [-0.25, -0.2) is 4.98 Å². The van der Waals surface area contributed by atoms with E-state index in [1.807, 2.05) is 48.0 Å². The molecule has 0 spiro atoms. The summed E-state index contributed by atoms with van der Waals surface area (Å²) in [7, 11) is 0. The van der Waals surface area contributed by atoms with Gasteiger partial charge in [-0.15, -0.1) is 11.3 Å². The van der Waals surface area contributed by atoms with Crippen LogP contribution in [0, 0.1) is 11.3 Å². The minimum absolute atomic E-state index is 0.442. The van der Waals surface area contributed by atoms with Crippen molar-refractivity contribution in [3.05, 3.63) is 65.7 Å². The molecule has 4 nitrogen and oxygen atoms in total. The summed E-state index contributed by atoms with van der Waals surface area (Å²) in [4.78, 5) is 4.34. The Morgan fingerprint density at radius 2 is 2.08 bits per heavy atom. The van der Waals surface area contributed by atoms with Gasteiger partial charge in [0.1, 0.15) is 16.8 Å². The highest BCUT2D eigenvalue weighted by atomic mass is 32.1. The van der Waals surface area contributed by atoms with E-state index in [-0.39, 0.29) is 0 Å². The van der Waals surface area contributed by atoms with Crippen molar-refractivity contribution in [1.82, 2.24) is 4.98 Å². The van der Waals surface area contributed by atoms with Crippen molar-refractivity contribution in [2.75, 3.05) is 5.32 Å². The fourth-order valence-electron chi connectivity index (χ4n) is 2.25. The molecule has 1 aromatic heterocycles. The Labute approximate surface area is 145 Å². The molecule has 120 valence electrons. The molecule has 1 unspecified atom stereocenters. The minimum Gasteiger partial charge on any atom is -0.476 e. The lowest BCUT2D eigenvalue weighted by Gasteiger charge is -2.10.